The van der Waals surface area contributed by atoms with E-state index in [2.05, 4.69) is 6.07 Å². The van der Waals surface area contributed by atoms with Crippen molar-refractivity contribution in [2.75, 3.05) is 11.9 Å². The van der Waals surface area contributed by atoms with Crippen molar-refractivity contribution in [2.45, 2.75) is 13.5 Å². The molecule has 0 amide bonds. The molecule has 0 radical (unpaired) electrons. The van der Waals surface area contributed by atoms with Crippen LogP contribution in [0.3, 0.4) is 0 Å². The minimum absolute atomic E-state index is 0.222. The largest absolute Gasteiger partial charge is 0.369 e. The lowest BCUT2D eigenvalue weighted by atomic mass is 10.1. The van der Waals surface area contributed by atoms with E-state index >= 15 is 0 Å². The van der Waals surface area contributed by atoms with Crippen LogP contribution in [0.2, 0.25) is 0 Å². The summed E-state index contributed by atoms with van der Waals surface area (Å²) >= 11 is 0. The number of rotatable bonds is 3. The first kappa shape index (κ1) is 13.1. The topological polar surface area (TPSA) is 27.0 Å². The smallest absolute Gasteiger partial charge is 0.128 e. The van der Waals surface area contributed by atoms with Crippen LogP contribution in [0.15, 0.2) is 42.5 Å². The van der Waals surface area contributed by atoms with Gasteiger partial charge in [0.1, 0.15) is 11.9 Å². The lowest BCUT2D eigenvalue weighted by molar-refractivity contribution is 0.608. The van der Waals surface area contributed by atoms with E-state index in [-0.39, 0.29) is 5.82 Å². The molecule has 0 bridgehead atoms. The summed E-state index contributed by atoms with van der Waals surface area (Å²) < 4.78 is 13.6. The van der Waals surface area contributed by atoms with Gasteiger partial charge >= 0.3 is 0 Å². The quantitative estimate of drug-likeness (QED) is 0.836. The van der Waals surface area contributed by atoms with Crippen LogP contribution in [-0.2, 0) is 6.54 Å². The number of anilines is 1. The van der Waals surface area contributed by atoms with Crippen LogP contribution >= 0.6 is 0 Å². The number of halogens is 1. The molecule has 3 heteroatoms. The molecule has 0 atom stereocenters. The van der Waals surface area contributed by atoms with Crippen molar-refractivity contribution in [2.24, 2.45) is 0 Å². The van der Waals surface area contributed by atoms with E-state index in [1.807, 2.05) is 37.1 Å². The molecule has 2 aromatic rings. The number of aryl methyl sites for hydroxylation is 1. The third-order valence-corrected chi connectivity index (χ3v) is 3.05. The van der Waals surface area contributed by atoms with Crippen LogP contribution in [0.5, 0.6) is 0 Å². The predicted molar refractivity (Wildman–Crippen MR) is 74.4 cm³/mol. The maximum Gasteiger partial charge on any atom is 0.128 e. The Morgan fingerprint density at radius 3 is 2.63 bits per heavy atom. The standard InChI is InChI=1S/C16H15FN2/c1-12-7-8-13(10-18)16(9-12)19(2)11-14-5-3-4-6-15(14)17/h3-9H,11H2,1-2H3. The molecule has 0 aliphatic carbocycles. The monoisotopic (exact) mass is 254 g/mol. The molecule has 0 unspecified atom stereocenters. The Morgan fingerprint density at radius 2 is 1.95 bits per heavy atom. The van der Waals surface area contributed by atoms with Crippen molar-refractivity contribution >= 4 is 5.69 Å². The minimum Gasteiger partial charge on any atom is -0.369 e. The summed E-state index contributed by atoms with van der Waals surface area (Å²) in [6.07, 6.45) is 0. The second-order valence-corrected chi connectivity index (χ2v) is 4.58. The summed E-state index contributed by atoms with van der Waals surface area (Å²) in [6.45, 7) is 2.41. The fourth-order valence-electron chi connectivity index (χ4n) is 2.02. The number of nitriles is 1. The Balaban J connectivity index is 2.30. The number of hydrogen-bond donors (Lipinski definition) is 0. The van der Waals surface area contributed by atoms with Crippen LogP contribution in [0.4, 0.5) is 10.1 Å². The van der Waals surface area contributed by atoms with Gasteiger partial charge in [0.25, 0.3) is 0 Å². The second-order valence-electron chi connectivity index (χ2n) is 4.58. The Hall–Kier alpha value is -2.34. The summed E-state index contributed by atoms with van der Waals surface area (Å²) in [4.78, 5) is 1.89. The lowest BCUT2D eigenvalue weighted by Crippen LogP contribution is -2.18. The van der Waals surface area contributed by atoms with E-state index < -0.39 is 0 Å². The van der Waals surface area contributed by atoms with E-state index in [0.29, 0.717) is 17.7 Å². The van der Waals surface area contributed by atoms with Crippen LogP contribution < -0.4 is 4.90 Å². The van der Waals surface area contributed by atoms with Crippen molar-refractivity contribution in [3.8, 4) is 6.07 Å². The summed E-state index contributed by atoms with van der Waals surface area (Å²) in [5.41, 5.74) is 3.12. The van der Waals surface area contributed by atoms with Crippen LogP contribution in [0.25, 0.3) is 0 Å². The molecule has 2 rings (SSSR count). The minimum atomic E-state index is -0.222. The summed E-state index contributed by atoms with van der Waals surface area (Å²) in [7, 11) is 1.86. The van der Waals surface area contributed by atoms with E-state index in [9.17, 15) is 4.39 Å². The molecule has 0 aliphatic heterocycles. The van der Waals surface area contributed by atoms with Gasteiger partial charge in [-0.25, -0.2) is 4.39 Å². The van der Waals surface area contributed by atoms with Gasteiger partial charge in [0.05, 0.1) is 11.3 Å². The van der Waals surface area contributed by atoms with Crippen molar-refractivity contribution in [1.29, 1.82) is 5.26 Å². The molecule has 0 aromatic heterocycles. The molecule has 2 aromatic carbocycles. The third-order valence-electron chi connectivity index (χ3n) is 3.05. The number of benzene rings is 2. The van der Waals surface area contributed by atoms with Gasteiger partial charge in [0.2, 0.25) is 0 Å². The van der Waals surface area contributed by atoms with E-state index in [1.54, 1.807) is 18.2 Å². The van der Waals surface area contributed by atoms with Gasteiger partial charge in [-0.15, -0.1) is 0 Å². The Kier molecular flexibility index (Phi) is 3.82. The van der Waals surface area contributed by atoms with Gasteiger partial charge < -0.3 is 4.90 Å². The van der Waals surface area contributed by atoms with Crippen molar-refractivity contribution in [3.63, 3.8) is 0 Å². The van der Waals surface area contributed by atoms with Crippen LogP contribution in [0.1, 0.15) is 16.7 Å². The molecular formula is C16H15FN2. The lowest BCUT2D eigenvalue weighted by Gasteiger charge is -2.21. The molecule has 2 nitrogen and oxygen atoms in total. The first-order valence-corrected chi connectivity index (χ1v) is 6.07. The van der Waals surface area contributed by atoms with Gasteiger partial charge in [-0.3, -0.25) is 0 Å². The fourth-order valence-corrected chi connectivity index (χ4v) is 2.02. The molecule has 0 N–H and O–H groups in total. The molecule has 96 valence electrons. The first-order chi connectivity index (χ1) is 9.11. The predicted octanol–water partition coefficient (Wildman–Crippen LogP) is 3.64. The first-order valence-electron chi connectivity index (χ1n) is 6.07. The molecule has 0 spiro atoms. The molecule has 0 saturated carbocycles. The zero-order chi connectivity index (χ0) is 13.8. The highest BCUT2D eigenvalue weighted by molar-refractivity contribution is 5.60. The van der Waals surface area contributed by atoms with Crippen molar-refractivity contribution < 1.29 is 4.39 Å². The second kappa shape index (κ2) is 5.53. The van der Waals surface area contributed by atoms with E-state index in [1.165, 1.54) is 6.07 Å². The average Bonchev–Trinajstić information content (AvgIpc) is 2.41. The molecule has 0 saturated heterocycles. The molecular weight excluding hydrogens is 239 g/mol. The van der Waals surface area contributed by atoms with Gasteiger partial charge in [-0.05, 0) is 30.7 Å². The Morgan fingerprint density at radius 1 is 1.21 bits per heavy atom. The average molecular weight is 254 g/mol. The van der Waals surface area contributed by atoms with E-state index in [4.69, 9.17) is 5.26 Å². The highest BCUT2D eigenvalue weighted by Gasteiger charge is 2.10. The van der Waals surface area contributed by atoms with Crippen molar-refractivity contribution in [1.82, 2.24) is 0 Å². The Bertz CT molecular complexity index is 629. The Labute approximate surface area is 112 Å². The molecule has 0 fully saturated rings. The molecule has 0 heterocycles. The van der Waals surface area contributed by atoms with Crippen LogP contribution in [-0.4, -0.2) is 7.05 Å². The zero-order valence-corrected chi connectivity index (χ0v) is 11.0. The molecule has 0 aliphatic rings. The normalized spacial score (nSPS) is 10.0. The SMILES string of the molecule is Cc1ccc(C#N)c(N(C)Cc2ccccc2F)c1. The zero-order valence-electron chi connectivity index (χ0n) is 11.0. The van der Waals surface area contributed by atoms with Gasteiger partial charge in [0.15, 0.2) is 0 Å². The van der Waals surface area contributed by atoms with Crippen LogP contribution in [0, 0.1) is 24.1 Å². The summed E-state index contributed by atoms with van der Waals surface area (Å²) in [6, 6.07) is 14.5. The van der Waals surface area contributed by atoms with Gasteiger partial charge in [-0.2, -0.15) is 5.26 Å². The van der Waals surface area contributed by atoms with Crippen molar-refractivity contribution in [3.05, 3.63) is 65.0 Å². The highest BCUT2D eigenvalue weighted by atomic mass is 19.1. The van der Waals surface area contributed by atoms with Gasteiger partial charge in [-0.1, -0.05) is 24.3 Å². The molecule has 19 heavy (non-hydrogen) atoms. The maximum absolute atomic E-state index is 13.6. The number of nitrogens with zero attached hydrogens (tertiary/aromatic N) is 2. The fraction of sp³-hybridized carbons (Fsp3) is 0.188. The van der Waals surface area contributed by atoms with Gasteiger partial charge in [0, 0.05) is 19.2 Å². The number of hydrogen-bond acceptors (Lipinski definition) is 2. The third kappa shape index (κ3) is 2.92. The maximum atomic E-state index is 13.6. The van der Waals surface area contributed by atoms with E-state index in [0.717, 1.165) is 11.3 Å². The highest BCUT2D eigenvalue weighted by Crippen LogP contribution is 2.22. The summed E-state index contributed by atoms with van der Waals surface area (Å²) in [5.74, 6) is -0.222. The summed E-state index contributed by atoms with van der Waals surface area (Å²) in [5, 5.41) is 9.13.